The van der Waals surface area contributed by atoms with Crippen LogP contribution in [0.5, 0.6) is 0 Å². The monoisotopic (exact) mass is 574 g/mol. The van der Waals surface area contributed by atoms with Crippen molar-refractivity contribution in [1.29, 1.82) is 0 Å². The molecule has 0 aromatic heterocycles. The van der Waals surface area contributed by atoms with Crippen LogP contribution in [0.25, 0.3) is 16.7 Å². The van der Waals surface area contributed by atoms with Gasteiger partial charge in [-0.05, 0) is 117 Å². The molecule has 1 N–H and O–H groups in total. The smallest absolute Gasteiger partial charge is 0.160 e. The average Bonchev–Trinajstić information content (AvgIpc) is 3.52. The van der Waals surface area contributed by atoms with E-state index in [2.05, 4.69) is 67.8 Å². The maximum absolute atomic E-state index is 12.5. The van der Waals surface area contributed by atoms with Gasteiger partial charge in [-0.1, -0.05) is 87.7 Å². The van der Waals surface area contributed by atoms with Crippen LogP contribution in [0.1, 0.15) is 80.7 Å². The summed E-state index contributed by atoms with van der Waals surface area (Å²) < 4.78 is 0. The molecular formula is C40H50N2O. The van der Waals surface area contributed by atoms with Crippen molar-refractivity contribution in [3.63, 3.8) is 0 Å². The van der Waals surface area contributed by atoms with Crippen LogP contribution in [0.3, 0.4) is 0 Å². The van der Waals surface area contributed by atoms with Crippen molar-refractivity contribution >= 4 is 11.4 Å². The molecule has 1 atom stereocenters. The molecule has 3 aromatic carbocycles. The summed E-state index contributed by atoms with van der Waals surface area (Å²) in [6.07, 6.45) is 14.4. The Hall–Kier alpha value is -3.87. The van der Waals surface area contributed by atoms with Crippen LogP contribution in [-0.4, -0.2) is 30.3 Å². The summed E-state index contributed by atoms with van der Waals surface area (Å²) in [6.45, 7) is 19.2. The van der Waals surface area contributed by atoms with Gasteiger partial charge >= 0.3 is 0 Å². The van der Waals surface area contributed by atoms with Crippen molar-refractivity contribution in [2.75, 3.05) is 19.6 Å². The van der Waals surface area contributed by atoms with E-state index in [1.807, 2.05) is 55.5 Å². The molecular weight excluding hydrogens is 524 g/mol. The summed E-state index contributed by atoms with van der Waals surface area (Å²) in [6, 6.07) is 22.2. The number of nitrogens with zero attached hydrogens (tertiary/aromatic N) is 1. The maximum Gasteiger partial charge on any atom is 0.160 e. The second kappa shape index (κ2) is 17.3. The molecule has 3 nitrogen and oxygen atoms in total. The minimum Gasteiger partial charge on any atom is -0.381 e. The predicted octanol–water partition coefficient (Wildman–Crippen LogP) is 9.14. The Labute approximate surface area is 261 Å². The molecule has 0 amide bonds. The molecule has 3 aromatic rings. The standard InChI is InChI=1S/C29H27NO.C11H23N/c1-6-24-12-15-25(16-13-24)26-14-11-21(3)28(18-26)29(23(5)31)17-22(4)30-19-27-10-8-7-9-20(27)2;1-3-4-7-11(2)10-12-8-5-6-9-12/h1,7-18,30H,4,19H2,2-3,5H3;11H,3-10H2,1-2H3/b29-17-;. The number of aryl methyl sites for hydroxylation is 2. The summed E-state index contributed by atoms with van der Waals surface area (Å²) in [5, 5.41) is 3.33. The van der Waals surface area contributed by atoms with Crippen LogP contribution in [0, 0.1) is 32.1 Å². The molecule has 43 heavy (non-hydrogen) atoms. The van der Waals surface area contributed by atoms with Gasteiger partial charge in [-0.3, -0.25) is 4.79 Å². The number of ketones is 1. The number of rotatable bonds is 12. The third-order valence-electron chi connectivity index (χ3n) is 8.20. The number of unbranched alkanes of at least 4 members (excludes halogenated alkanes) is 1. The Morgan fingerprint density at radius 1 is 1.02 bits per heavy atom. The molecule has 1 heterocycles. The van der Waals surface area contributed by atoms with Crippen LogP contribution in [0.2, 0.25) is 0 Å². The number of carbonyl (C=O) groups excluding carboxylic acids is 1. The number of carbonyl (C=O) groups is 1. The lowest BCUT2D eigenvalue weighted by Gasteiger charge is -2.19. The average molecular weight is 575 g/mol. The number of hydrogen-bond donors (Lipinski definition) is 1. The SMILES string of the molecule is C#Cc1ccc(-c2ccc(C)c(/C(=C\C(=C)NCc3ccccc3C)C(C)=O)c2)cc1.CCCCC(C)CN1CCCC1. The van der Waals surface area contributed by atoms with E-state index in [4.69, 9.17) is 6.42 Å². The highest BCUT2D eigenvalue weighted by atomic mass is 16.1. The second-order valence-electron chi connectivity index (χ2n) is 11.9. The van der Waals surface area contributed by atoms with E-state index in [9.17, 15) is 4.79 Å². The van der Waals surface area contributed by atoms with Gasteiger partial charge < -0.3 is 10.2 Å². The molecule has 0 spiro atoms. The highest BCUT2D eigenvalue weighted by Crippen LogP contribution is 2.28. The molecule has 1 fully saturated rings. The minimum absolute atomic E-state index is 0.00164. The van der Waals surface area contributed by atoms with Gasteiger partial charge in [-0.2, -0.15) is 0 Å². The molecule has 3 heteroatoms. The zero-order chi connectivity index (χ0) is 31.2. The van der Waals surface area contributed by atoms with Gasteiger partial charge in [0.1, 0.15) is 0 Å². The van der Waals surface area contributed by atoms with E-state index >= 15 is 0 Å². The fourth-order valence-electron chi connectivity index (χ4n) is 5.51. The lowest BCUT2D eigenvalue weighted by Crippen LogP contribution is -2.25. The number of allylic oxidation sites excluding steroid dienone is 2. The second-order valence-corrected chi connectivity index (χ2v) is 11.9. The Morgan fingerprint density at radius 3 is 2.33 bits per heavy atom. The first-order chi connectivity index (χ1) is 20.7. The lowest BCUT2D eigenvalue weighted by molar-refractivity contribution is -0.111. The van der Waals surface area contributed by atoms with Gasteiger partial charge in [0.05, 0.1) is 0 Å². The first-order valence-electron chi connectivity index (χ1n) is 15.8. The number of Topliss-reactive ketones (excluding diaryl/α,β-unsaturated/α-hetero) is 1. The summed E-state index contributed by atoms with van der Waals surface area (Å²) in [5.41, 5.74) is 8.65. The van der Waals surface area contributed by atoms with Crippen LogP contribution in [0.15, 0.2) is 85.1 Å². The fraction of sp³-hybridized carbons (Fsp3) is 0.375. The predicted molar refractivity (Wildman–Crippen MR) is 185 cm³/mol. The highest BCUT2D eigenvalue weighted by Gasteiger charge is 2.14. The first kappa shape index (κ1) is 33.6. The molecule has 0 aliphatic carbocycles. The van der Waals surface area contributed by atoms with Gasteiger partial charge in [0.25, 0.3) is 0 Å². The maximum atomic E-state index is 12.5. The van der Waals surface area contributed by atoms with Crippen molar-refractivity contribution in [3.8, 4) is 23.5 Å². The molecule has 0 bridgehead atoms. The zero-order valence-electron chi connectivity index (χ0n) is 27.0. The number of nitrogens with one attached hydrogen (secondary N) is 1. The molecule has 1 aliphatic rings. The van der Waals surface area contributed by atoms with E-state index in [0.29, 0.717) is 17.8 Å². The fourth-order valence-corrected chi connectivity index (χ4v) is 5.51. The van der Waals surface area contributed by atoms with Gasteiger partial charge in [-0.25, -0.2) is 0 Å². The molecule has 0 radical (unpaired) electrons. The Bertz CT molecular complexity index is 1420. The van der Waals surface area contributed by atoms with Crippen molar-refractivity contribution in [3.05, 3.63) is 113 Å². The van der Waals surface area contributed by atoms with Gasteiger partial charge in [0.15, 0.2) is 5.78 Å². The Morgan fingerprint density at radius 2 is 1.70 bits per heavy atom. The summed E-state index contributed by atoms with van der Waals surface area (Å²) in [4.78, 5) is 15.2. The van der Waals surface area contributed by atoms with Crippen LogP contribution in [-0.2, 0) is 11.3 Å². The van der Waals surface area contributed by atoms with Crippen molar-refractivity contribution in [2.24, 2.45) is 5.92 Å². The van der Waals surface area contributed by atoms with E-state index in [1.54, 1.807) is 6.92 Å². The Kier molecular flexibility index (Phi) is 13.5. The van der Waals surface area contributed by atoms with Crippen molar-refractivity contribution in [2.45, 2.75) is 73.3 Å². The van der Waals surface area contributed by atoms with Crippen LogP contribution < -0.4 is 5.32 Å². The van der Waals surface area contributed by atoms with Crippen molar-refractivity contribution in [1.82, 2.24) is 10.2 Å². The van der Waals surface area contributed by atoms with Gasteiger partial charge in [-0.15, -0.1) is 6.42 Å². The molecule has 4 rings (SSSR count). The van der Waals surface area contributed by atoms with Gasteiger partial charge in [0, 0.05) is 29.9 Å². The van der Waals surface area contributed by atoms with E-state index < -0.39 is 0 Å². The van der Waals surface area contributed by atoms with Gasteiger partial charge in [0.2, 0.25) is 0 Å². The normalized spacial score (nSPS) is 13.9. The van der Waals surface area contributed by atoms with E-state index in [1.165, 1.54) is 62.9 Å². The van der Waals surface area contributed by atoms with Crippen molar-refractivity contribution < 1.29 is 4.79 Å². The summed E-state index contributed by atoms with van der Waals surface area (Å²) in [7, 11) is 0. The number of terminal acetylenes is 1. The minimum atomic E-state index is 0.00164. The molecule has 1 unspecified atom stereocenters. The van der Waals surface area contributed by atoms with Crippen LogP contribution in [0.4, 0.5) is 0 Å². The number of benzene rings is 3. The number of hydrogen-bond acceptors (Lipinski definition) is 3. The summed E-state index contributed by atoms with van der Waals surface area (Å²) in [5.74, 6) is 3.56. The molecule has 1 saturated heterocycles. The third-order valence-corrected chi connectivity index (χ3v) is 8.20. The first-order valence-corrected chi connectivity index (χ1v) is 15.8. The Balaban J connectivity index is 0.000000353. The quantitative estimate of drug-likeness (QED) is 0.133. The summed E-state index contributed by atoms with van der Waals surface area (Å²) >= 11 is 0. The van der Waals surface area contributed by atoms with E-state index in [-0.39, 0.29) is 5.78 Å². The largest absolute Gasteiger partial charge is 0.381 e. The zero-order valence-corrected chi connectivity index (χ0v) is 27.0. The molecule has 1 aliphatic heterocycles. The third kappa shape index (κ3) is 10.7. The molecule has 226 valence electrons. The van der Waals surface area contributed by atoms with Crippen LogP contribution >= 0.6 is 0 Å². The number of likely N-dealkylation sites (tertiary alicyclic amines) is 1. The topological polar surface area (TPSA) is 32.3 Å². The molecule has 0 saturated carbocycles. The highest BCUT2D eigenvalue weighted by molar-refractivity contribution is 6.20. The van der Waals surface area contributed by atoms with E-state index in [0.717, 1.165) is 33.7 Å². The lowest BCUT2D eigenvalue weighted by atomic mass is 9.92.